The number of benzene rings is 2. The summed E-state index contributed by atoms with van der Waals surface area (Å²) in [7, 11) is 0. The molecule has 0 spiro atoms. The van der Waals surface area contributed by atoms with E-state index < -0.39 is 0 Å². The summed E-state index contributed by atoms with van der Waals surface area (Å²) in [5, 5.41) is 6.50. The fraction of sp³-hybridized carbons (Fsp3) is 0.261. The molecule has 6 heteroatoms. The molecule has 0 saturated carbocycles. The second-order valence-corrected chi connectivity index (χ2v) is 7.24. The minimum absolute atomic E-state index is 0.0466. The van der Waals surface area contributed by atoms with Crippen LogP contribution in [0.5, 0.6) is 0 Å². The highest BCUT2D eigenvalue weighted by Crippen LogP contribution is 2.23. The molecule has 148 valence electrons. The number of piperidine rings is 1. The van der Waals surface area contributed by atoms with Crippen LogP contribution < -0.4 is 15.5 Å². The molecule has 0 radical (unpaired) electrons. The van der Waals surface area contributed by atoms with Crippen molar-refractivity contribution >= 4 is 34.6 Å². The summed E-state index contributed by atoms with van der Waals surface area (Å²) in [6.07, 6.45) is 5.59. The van der Waals surface area contributed by atoms with Crippen molar-refractivity contribution in [2.75, 3.05) is 28.6 Å². The van der Waals surface area contributed by atoms with Gasteiger partial charge in [0.1, 0.15) is 5.82 Å². The van der Waals surface area contributed by atoms with Gasteiger partial charge in [0.15, 0.2) is 5.78 Å². The standard InChI is InChI=1S/C23H25N5O/c1-17(29)18-5-7-20(8-6-18)26-23-24-14-13-22(27-23)25-19-9-11-21(12-10-19)28-15-3-2-4-16-28/h5-14H,2-4,15-16H2,1H3,(H2,24,25,26,27). The predicted octanol–water partition coefficient (Wildman–Crippen LogP) is 5.16. The number of hydrogen-bond donors (Lipinski definition) is 2. The lowest BCUT2D eigenvalue weighted by molar-refractivity contribution is 0.101. The van der Waals surface area contributed by atoms with E-state index in [2.05, 4.69) is 49.8 Å². The van der Waals surface area contributed by atoms with E-state index >= 15 is 0 Å². The Labute approximate surface area is 171 Å². The number of ketones is 1. The van der Waals surface area contributed by atoms with E-state index in [1.54, 1.807) is 25.3 Å². The van der Waals surface area contributed by atoms with Gasteiger partial charge in [0, 0.05) is 41.9 Å². The highest BCUT2D eigenvalue weighted by molar-refractivity contribution is 5.94. The van der Waals surface area contributed by atoms with Crippen LogP contribution in [0, 0.1) is 0 Å². The van der Waals surface area contributed by atoms with E-state index in [-0.39, 0.29) is 5.78 Å². The molecule has 0 aliphatic carbocycles. The molecule has 1 aliphatic heterocycles. The van der Waals surface area contributed by atoms with Crippen molar-refractivity contribution in [3.8, 4) is 0 Å². The molecular formula is C23H25N5O. The molecule has 6 nitrogen and oxygen atoms in total. The van der Waals surface area contributed by atoms with Crippen molar-refractivity contribution in [1.82, 2.24) is 9.97 Å². The maximum atomic E-state index is 11.4. The highest BCUT2D eigenvalue weighted by atomic mass is 16.1. The number of Topliss-reactive ketones (excluding diaryl/α,β-unsaturated/α-hetero) is 1. The largest absolute Gasteiger partial charge is 0.372 e. The number of rotatable bonds is 6. The van der Waals surface area contributed by atoms with Crippen molar-refractivity contribution in [3.05, 3.63) is 66.4 Å². The van der Waals surface area contributed by atoms with E-state index in [0.717, 1.165) is 24.5 Å². The fourth-order valence-corrected chi connectivity index (χ4v) is 3.46. The Morgan fingerprint density at radius 1 is 0.862 bits per heavy atom. The summed E-state index contributed by atoms with van der Waals surface area (Å²) in [6, 6.07) is 17.6. The molecule has 0 bridgehead atoms. The van der Waals surface area contributed by atoms with E-state index in [0.29, 0.717) is 17.3 Å². The van der Waals surface area contributed by atoms with Gasteiger partial charge in [-0.3, -0.25) is 4.79 Å². The maximum Gasteiger partial charge on any atom is 0.229 e. The molecule has 0 amide bonds. The average molecular weight is 387 g/mol. The topological polar surface area (TPSA) is 70.2 Å². The van der Waals surface area contributed by atoms with Crippen LogP contribution in [0.1, 0.15) is 36.5 Å². The molecule has 1 aromatic heterocycles. The molecule has 1 aliphatic rings. The van der Waals surface area contributed by atoms with Gasteiger partial charge in [0.2, 0.25) is 5.95 Å². The Hall–Kier alpha value is -3.41. The Morgan fingerprint density at radius 3 is 2.21 bits per heavy atom. The average Bonchev–Trinajstić information content (AvgIpc) is 2.76. The SMILES string of the molecule is CC(=O)c1ccc(Nc2nccc(Nc3ccc(N4CCCCC4)cc3)n2)cc1. The zero-order chi connectivity index (χ0) is 20.1. The van der Waals surface area contributed by atoms with Crippen molar-refractivity contribution < 1.29 is 4.79 Å². The first-order valence-corrected chi connectivity index (χ1v) is 10.0. The number of nitrogens with one attached hydrogen (secondary N) is 2. The molecule has 1 fully saturated rings. The molecule has 0 atom stereocenters. The monoisotopic (exact) mass is 387 g/mol. The van der Waals surface area contributed by atoms with Gasteiger partial charge in [-0.2, -0.15) is 4.98 Å². The lowest BCUT2D eigenvalue weighted by atomic mass is 10.1. The predicted molar refractivity (Wildman–Crippen MR) is 118 cm³/mol. The van der Waals surface area contributed by atoms with E-state index in [1.165, 1.54) is 24.9 Å². The molecular weight excluding hydrogens is 362 g/mol. The number of hydrogen-bond acceptors (Lipinski definition) is 6. The first kappa shape index (κ1) is 18.9. The molecule has 2 N–H and O–H groups in total. The molecule has 3 aromatic rings. The minimum atomic E-state index is 0.0466. The van der Waals surface area contributed by atoms with Gasteiger partial charge < -0.3 is 15.5 Å². The summed E-state index contributed by atoms with van der Waals surface area (Å²) < 4.78 is 0. The summed E-state index contributed by atoms with van der Waals surface area (Å²) in [6.45, 7) is 3.84. The molecule has 4 rings (SSSR count). The van der Waals surface area contributed by atoms with Crippen molar-refractivity contribution in [2.24, 2.45) is 0 Å². The van der Waals surface area contributed by atoms with Gasteiger partial charge >= 0.3 is 0 Å². The van der Waals surface area contributed by atoms with Crippen LogP contribution in [0.3, 0.4) is 0 Å². The lowest BCUT2D eigenvalue weighted by Gasteiger charge is -2.28. The summed E-state index contributed by atoms with van der Waals surface area (Å²) in [5.74, 6) is 1.26. The van der Waals surface area contributed by atoms with E-state index in [1.807, 2.05) is 18.2 Å². The smallest absolute Gasteiger partial charge is 0.229 e. The van der Waals surface area contributed by atoms with Gasteiger partial charge in [0.25, 0.3) is 0 Å². The Kier molecular flexibility index (Phi) is 5.70. The zero-order valence-corrected chi connectivity index (χ0v) is 16.6. The third kappa shape index (κ3) is 4.90. The van der Waals surface area contributed by atoms with Gasteiger partial charge in [0.05, 0.1) is 0 Å². The minimum Gasteiger partial charge on any atom is -0.372 e. The number of nitrogens with zero attached hydrogens (tertiary/aromatic N) is 3. The Morgan fingerprint density at radius 2 is 1.52 bits per heavy atom. The third-order valence-electron chi connectivity index (χ3n) is 5.06. The lowest BCUT2D eigenvalue weighted by Crippen LogP contribution is -2.29. The first-order chi connectivity index (χ1) is 14.2. The number of anilines is 5. The Bertz CT molecular complexity index is 963. The van der Waals surface area contributed by atoms with Crippen LogP contribution in [0.15, 0.2) is 60.8 Å². The fourth-order valence-electron chi connectivity index (χ4n) is 3.46. The summed E-state index contributed by atoms with van der Waals surface area (Å²) >= 11 is 0. The second kappa shape index (κ2) is 8.73. The molecule has 0 unspecified atom stereocenters. The number of carbonyl (C=O) groups is 1. The van der Waals surface area contributed by atoms with Crippen molar-refractivity contribution in [3.63, 3.8) is 0 Å². The normalized spacial score (nSPS) is 13.8. The quantitative estimate of drug-likeness (QED) is 0.570. The van der Waals surface area contributed by atoms with E-state index in [9.17, 15) is 4.79 Å². The maximum absolute atomic E-state index is 11.4. The van der Waals surface area contributed by atoms with Crippen LogP contribution in [0.25, 0.3) is 0 Å². The first-order valence-electron chi connectivity index (χ1n) is 10.0. The summed E-state index contributed by atoms with van der Waals surface area (Å²) in [5.41, 5.74) is 3.77. The number of carbonyl (C=O) groups excluding carboxylic acids is 1. The van der Waals surface area contributed by atoms with Gasteiger partial charge in [-0.1, -0.05) is 0 Å². The van der Waals surface area contributed by atoms with Crippen LogP contribution in [0.2, 0.25) is 0 Å². The highest BCUT2D eigenvalue weighted by Gasteiger charge is 2.10. The second-order valence-electron chi connectivity index (χ2n) is 7.24. The van der Waals surface area contributed by atoms with Gasteiger partial charge in [-0.15, -0.1) is 0 Å². The van der Waals surface area contributed by atoms with Crippen LogP contribution in [-0.4, -0.2) is 28.8 Å². The number of aromatic nitrogens is 2. The molecule has 29 heavy (non-hydrogen) atoms. The van der Waals surface area contributed by atoms with Gasteiger partial charge in [-0.05, 0) is 80.8 Å². The van der Waals surface area contributed by atoms with Crippen LogP contribution in [-0.2, 0) is 0 Å². The van der Waals surface area contributed by atoms with Crippen LogP contribution in [0.4, 0.5) is 28.8 Å². The molecule has 2 aromatic carbocycles. The summed E-state index contributed by atoms with van der Waals surface area (Å²) in [4.78, 5) is 22.6. The zero-order valence-electron chi connectivity index (χ0n) is 16.6. The van der Waals surface area contributed by atoms with E-state index in [4.69, 9.17) is 0 Å². The molecule has 1 saturated heterocycles. The van der Waals surface area contributed by atoms with Gasteiger partial charge in [-0.25, -0.2) is 4.98 Å². The molecule has 2 heterocycles. The Balaban J connectivity index is 1.41. The third-order valence-corrected chi connectivity index (χ3v) is 5.06. The van der Waals surface area contributed by atoms with Crippen molar-refractivity contribution in [2.45, 2.75) is 26.2 Å². The van der Waals surface area contributed by atoms with Crippen molar-refractivity contribution in [1.29, 1.82) is 0 Å². The van der Waals surface area contributed by atoms with Crippen LogP contribution >= 0.6 is 0 Å².